The smallest absolute Gasteiger partial charge is 0.188 e. The minimum atomic E-state index is 0. The van der Waals surface area contributed by atoms with E-state index in [2.05, 4.69) is 29.1 Å². The second-order valence-electron chi connectivity index (χ2n) is 4.41. The van der Waals surface area contributed by atoms with Gasteiger partial charge in [-0.3, -0.25) is 9.89 Å². The second kappa shape index (κ2) is 8.93. The van der Waals surface area contributed by atoms with Gasteiger partial charge < -0.3 is 15.8 Å². The van der Waals surface area contributed by atoms with Crippen molar-refractivity contribution >= 4 is 29.9 Å². The van der Waals surface area contributed by atoms with E-state index in [-0.39, 0.29) is 24.0 Å². The fourth-order valence-electron chi connectivity index (χ4n) is 2.07. The summed E-state index contributed by atoms with van der Waals surface area (Å²) in [7, 11) is 1.69. The molecule has 102 valence electrons. The summed E-state index contributed by atoms with van der Waals surface area (Å²) < 4.78 is 5.68. The van der Waals surface area contributed by atoms with Crippen LogP contribution in [0.4, 0.5) is 0 Å². The highest BCUT2D eigenvalue weighted by atomic mass is 127. The Kier molecular flexibility index (Phi) is 8.89. The molecule has 0 aromatic carbocycles. The number of aliphatic imine (C=N–C) groups is 1. The van der Waals surface area contributed by atoms with Gasteiger partial charge in [0.1, 0.15) is 0 Å². The van der Waals surface area contributed by atoms with E-state index in [1.165, 1.54) is 0 Å². The Bertz CT molecular complexity index is 228. The lowest BCUT2D eigenvalue weighted by Gasteiger charge is -2.35. The molecule has 0 spiro atoms. The Morgan fingerprint density at radius 1 is 1.41 bits per heavy atom. The van der Waals surface area contributed by atoms with Gasteiger partial charge in [0.25, 0.3) is 0 Å². The first kappa shape index (κ1) is 16.9. The van der Waals surface area contributed by atoms with Crippen LogP contribution in [0.25, 0.3) is 0 Å². The van der Waals surface area contributed by atoms with Crippen LogP contribution in [0.15, 0.2) is 4.99 Å². The van der Waals surface area contributed by atoms with E-state index < -0.39 is 0 Å². The number of ether oxygens (including phenoxy) is 1. The van der Waals surface area contributed by atoms with E-state index in [0.29, 0.717) is 18.2 Å². The van der Waals surface area contributed by atoms with Crippen LogP contribution in [-0.2, 0) is 4.74 Å². The Labute approximate surface area is 121 Å². The van der Waals surface area contributed by atoms with Gasteiger partial charge in [0.2, 0.25) is 0 Å². The van der Waals surface area contributed by atoms with E-state index in [4.69, 9.17) is 10.5 Å². The molecule has 5 nitrogen and oxygen atoms in total. The predicted octanol–water partition coefficient (Wildman–Crippen LogP) is 0.638. The van der Waals surface area contributed by atoms with Crippen LogP contribution in [0.5, 0.6) is 0 Å². The molecule has 0 aromatic rings. The van der Waals surface area contributed by atoms with Crippen molar-refractivity contribution in [2.75, 3.05) is 33.2 Å². The van der Waals surface area contributed by atoms with Gasteiger partial charge in [0.15, 0.2) is 5.96 Å². The molecule has 2 atom stereocenters. The van der Waals surface area contributed by atoms with E-state index >= 15 is 0 Å². The van der Waals surface area contributed by atoms with Crippen LogP contribution in [0.3, 0.4) is 0 Å². The summed E-state index contributed by atoms with van der Waals surface area (Å²) in [6.45, 7) is 8.28. The van der Waals surface area contributed by atoms with Gasteiger partial charge >= 0.3 is 0 Å². The average molecular weight is 356 g/mol. The maximum Gasteiger partial charge on any atom is 0.188 e. The van der Waals surface area contributed by atoms with Crippen LogP contribution < -0.4 is 11.1 Å². The number of hydrogen-bond donors (Lipinski definition) is 2. The second-order valence-corrected chi connectivity index (χ2v) is 4.41. The standard InChI is InChI=1S/C11H24N4O.HI/c1-9-7-15(8-10(2)16-9)6-4-5-14-11(12)13-3;/h9-10H,4-8H2,1-3H3,(H3,12,13,14);1H. The predicted molar refractivity (Wildman–Crippen MR) is 82.0 cm³/mol. The van der Waals surface area contributed by atoms with Crippen LogP contribution in [-0.4, -0.2) is 56.3 Å². The minimum absolute atomic E-state index is 0. The maximum atomic E-state index is 5.68. The molecule has 3 N–H and O–H groups in total. The third-order valence-corrected chi connectivity index (χ3v) is 2.69. The molecule has 0 radical (unpaired) electrons. The van der Waals surface area contributed by atoms with Crippen LogP contribution in [0, 0.1) is 0 Å². The zero-order valence-corrected chi connectivity index (χ0v) is 13.3. The minimum Gasteiger partial charge on any atom is -0.373 e. The molecule has 1 saturated heterocycles. The van der Waals surface area contributed by atoms with Gasteiger partial charge in [-0.2, -0.15) is 0 Å². The fraction of sp³-hybridized carbons (Fsp3) is 0.909. The average Bonchev–Trinajstić information content (AvgIpc) is 2.22. The molecular formula is C11H25IN4O. The van der Waals surface area contributed by atoms with Crippen molar-refractivity contribution in [1.29, 1.82) is 0 Å². The SMILES string of the molecule is CN=C(N)NCCCN1CC(C)OC(C)C1.I. The van der Waals surface area contributed by atoms with Gasteiger partial charge in [0, 0.05) is 33.2 Å². The summed E-state index contributed by atoms with van der Waals surface area (Å²) in [6, 6.07) is 0. The van der Waals surface area contributed by atoms with Crippen LogP contribution in [0.1, 0.15) is 20.3 Å². The molecule has 2 unspecified atom stereocenters. The van der Waals surface area contributed by atoms with E-state index in [1.54, 1.807) is 7.05 Å². The Hall–Kier alpha value is -0.0800. The van der Waals surface area contributed by atoms with E-state index in [1.807, 2.05) is 0 Å². The molecule has 1 fully saturated rings. The third-order valence-electron chi connectivity index (χ3n) is 2.69. The first-order chi connectivity index (χ1) is 7.61. The van der Waals surface area contributed by atoms with Gasteiger partial charge in [-0.15, -0.1) is 24.0 Å². The number of nitrogens with zero attached hydrogens (tertiary/aromatic N) is 2. The number of nitrogens with two attached hydrogens (primary N) is 1. The highest BCUT2D eigenvalue weighted by Gasteiger charge is 2.21. The number of morpholine rings is 1. The van der Waals surface area contributed by atoms with Crippen molar-refractivity contribution in [3.8, 4) is 0 Å². The van der Waals surface area contributed by atoms with Gasteiger partial charge in [-0.05, 0) is 20.3 Å². The number of hydrogen-bond acceptors (Lipinski definition) is 3. The summed E-state index contributed by atoms with van der Waals surface area (Å²) in [5.41, 5.74) is 5.54. The van der Waals surface area contributed by atoms with Gasteiger partial charge in [0.05, 0.1) is 12.2 Å². The molecule has 0 bridgehead atoms. The molecule has 0 saturated carbocycles. The van der Waals surface area contributed by atoms with Crippen molar-refractivity contribution in [3.63, 3.8) is 0 Å². The van der Waals surface area contributed by atoms with E-state index in [0.717, 1.165) is 32.6 Å². The summed E-state index contributed by atoms with van der Waals surface area (Å²) in [4.78, 5) is 6.29. The van der Waals surface area contributed by atoms with Crippen molar-refractivity contribution in [3.05, 3.63) is 0 Å². The lowest BCUT2D eigenvalue weighted by molar-refractivity contribution is -0.0679. The lowest BCUT2D eigenvalue weighted by Crippen LogP contribution is -2.46. The summed E-state index contributed by atoms with van der Waals surface area (Å²) in [5, 5.41) is 3.06. The highest BCUT2D eigenvalue weighted by Crippen LogP contribution is 2.10. The number of rotatable bonds is 4. The number of halogens is 1. The molecule has 1 rings (SSSR count). The van der Waals surface area contributed by atoms with Crippen molar-refractivity contribution in [1.82, 2.24) is 10.2 Å². The zero-order chi connectivity index (χ0) is 12.0. The first-order valence-electron chi connectivity index (χ1n) is 5.95. The normalized spacial score (nSPS) is 26.4. The van der Waals surface area contributed by atoms with Crippen LogP contribution >= 0.6 is 24.0 Å². The molecule has 6 heteroatoms. The molecule has 17 heavy (non-hydrogen) atoms. The Balaban J connectivity index is 0.00000256. The first-order valence-corrected chi connectivity index (χ1v) is 5.95. The van der Waals surface area contributed by atoms with E-state index in [9.17, 15) is 0 Å². The van der Waals surface area contributed by atoms with Crippen LogP contribution in [0.2, 0.25) is 0 Å². The zero-order valence-electron chi connectivity index (χ0n) is 11.0. The highest BCUT2D eigenvalue weighted by molar-refractivity contribution is 14.0. The van der Waals surface area contributed by atoms with Crippen molar-refractivity contribution in [2.24, 2.45) is 10.7 Å². The Morgan fingerprint density at radius 2 is 2.00 bits per heavy atom. The maximum absolute atomic E-state index is 5.68. The molecule has 0 aliphatic carbocycles. The van der Waals surface area contributed by atoms with Gasteiger partial charge in [-0.1, -0.05) is 0 Å². The summed E-state index contributed by atoms with van der Waals surface area (Å²) in [6.07, 6.45) is 1.77. The molecule has 0 amide bonds. The molecule has 1 heterocycles. The molecular weight excluding hydrogens is 331 g/mol. The van der Waals surface area contributed by atoms with Crippen molar-refractivity contribution in [2.45, 2.75) is 32.5 Å². The molecule has 1 aliphatic heterocycles. The third kappa shape index (κ3) is 7.05. The quantitative estimate of drug-likeness (QED) is 0.336. The van der Waals surface area contributed by atoms with Gasteiger partial charge in [-0.25, -0.2) is 0 Å². The largest absolute Gasteiger partial charge is 0.373 e. The van der Waals surface area contributed by atoms with Crippen molar-refractivity contribution < 1.29 is 4.74 Å². The summed E-state index contributed by atoms with van der Waals surface area (Å²) >= 11 is 0. The lowest BCUT2D eigenvalue weighted by atomic mass is 10.2. The monoisotopic (exact) mass is 356 g/mol. The number of nitrogens with one attached hydrogen (secondary N) is 1. The topological polar surface area (TPSA) is 62.9 Å². The Morgan fingerprint density at radius 3 is 2.53 bits per heavy atom. The number of guanidine groups is 1. The summed E-state index contributed by atoms with van der Waals surface area (Å²) in [5.74, 6) is 0.517. The molecule has 0 aromatic heterocycles. The fourth-order valence-corrected chi connectivity index (χ4v) is 2.07. The molecule has 1 aliphatic rings.